The van der Waals surface area contributed by atoms with Gasteiger partial charge < -0.3 is 4.90 Å². The van der Waals surface area contributed by atoms with Gasteiger partial charge in [-0.05, 0) is 114 Å². The number of aliphatic imine (C=N–C) groups is 1. The van der Waals surface area contributed by atoms with Gasteiger partial charge in [0.05, 0.1) is 23.1 Å². The van der Waals surface area contributed by atoms with Crippen molar-refractivity contribution >= 4 is 54.9 Å². The first-order chi connectivity index (χ1) is 32.7. The van der Waals surface area contributed by atoms with Gasteiger partial charge in [-0.15, -0.1) is 0 Å². The Bertz CT molecular complexity index is 3750. The van der Waals surface area contributed by atoms with Crippen LogP contribution in [0.25, 0.3) is 93.8 Å². The first-order valence-electron chi connectivity index (χ1n) is 22.7. The molecule has 0 bridgehead atoms. The van der Waals surface area contributed by atoms with Crippen molar-refractivity contribution in [3.8, 4) is 50.5 Å². The maximum Gasteiger partial charge on any atom is 0.145 e. The Morgan fingerprint density at radius 1 is 0.379 bits per heavy atom. The van der Waals surface area contributed by atoms with E-state index >= 15 is 0 Å². The molecule has 4 nitrogen and oxygen atoms in total. The molecule has 1 aliphatic heterocycles. The molecule has 4 heteroatoms. The van der Waals surface area contributed by atoms with Gasteiger partial charge in [0.1, 0.15) is 11.7 Å². The minimum Gasteiger partial charge on any atom is -0.317 e. The second-order valence-electron chi connectivity index (χ2n) is 17.3. The first kappa shape index (κ1) is 37.9. The molecule has 13 rings (SSSR count). The summed E-state index contributed by atoms with van der Waals surface area (Å²) in [5.74, 6) is 1.93. The number of para-hydroxylation sites is 2. The van der Waals surface area contributed by atoms with E-state index in [2.05, 4.69) is 252 Å². The lowest BCUT2D eigenvalue weighted by Crippen LogP contribution is -2.39. The Morgan fingerprint density at radius 3 is 1.70 bits per heavy atom. The van der Waals surface area contributed by atoms with Crippen LogP contribution in [0.5, 0.6) is 0 Å². The fourth-order valence-electron chi connectivity index (χ4n) is 10.4. The van der Waals surface area contributed by atoms with E-state index in [9.17, 15) is 0 Å². The number of amidine groups is 1. The summed E-state index contributed by atoms with van der Waals surface area (Å²) < 4.78 is 2.29. The molecule has 0 saturated heterocycles. The highest BCUT2D eigenvalue weighted by molar-refractivity contribution is 6.22. The summed E-state index contributed by atoms with van der Waals surface area (Å²) in [6.45, 7) is 0. The van der Waals surface area contributed by atoms with Crippen LogP contribution in [0.3, 0.4) is 0 Å². The predicted octanol–water partition coefficient (Wildman–Crippen LogP) is 15.3. The van der Waals surface area contributed by atoms with E-state index in [1.165, 1.54) is 60.1 Å². The largest absolute Gasteiger partial charge is 0.317 e. The lowest BCUT2D eigenvalue weighted by atomic mass is 9.84. The van der Waals surface area contributed by atoms with Gasteiger partial charge in [-0.3, -0.25) is 9.56 Å². The summed E-state index contributed by atoms with van der Waals surface area (Å²) in [5.41, 5.74) is 13.6. The highest BCUT2D eigenvalue weighted by Gasteiger charge is 2.35. The fraction of sp³-hybridized carbons (Fsp3) is 0.0323. The molecule has 0 spiro atoms. The van der Waals surface area contributed by atoms with E-state index in [0.717, 1.165) is 50.8 Å². The van der Waals surface area contributed by atoms with Gasteiger partial charge in [-0.25, -0.2) is 4.98 Å². The maximum absolute atomic E-state index is 5.24. The highest BCUT2D eigenvalue weighted by Crippen LogP contribution is 2.46. The molecule has 0 radical (unpaired) electrons. The molecule has 2 atom stereocenters. The number of nitrogens with zero attached hydrogens (tertiary/aromatic N) is 4. The molecule has 0 fully saturated rings. The summed E-state index contributed by atoms with van der Waals surface area (Å²) in [6.07, 6.45) is 8.75. The number of allylic oxidation sites excluding steroid dienone is 2. The van der Waals surface area contributed by atoms with E-state index in [-0.39, 0.29) is 12.1 Å². The van der Waals surface area contributed by atoms with Crippen LogP contribution in [0, 0.1) is 0 Å². The summed E-state index contributed by atoms with van der Waals surface area (Å²) in [5, 5.41) is 7.33. The maximum atomic E-state index is 5.24. The van der Waals surface area contributed by atoms with Gasteiger partial charge in [0.25, 0.3) is 0 Å². The first-order valence-corrected chi connectivity index (χ1v) is 22.7. The Hall–Kier alpha value is -8.60. The van der Waals surface area contributed by atoms with Gasteiger partial charge in [0.15, 0.2) is 0 Å². The molecular formula is C62H42N4. The van der Waals surface area contributed by atoms with Crippen LogP contribution in [0.2, 0.25) is 0 Å². The summed E-state index contributed by atoms with van der Waals surface area (Å²) in [7, 11) is 0. The fourth-order valence-corrected chi connectivity index (χ4v) is 10.4. The van der Waals surface area contributed by atoms with Crippen LogP contribution in [-0.4, -0.2) is 27.5 Å². The van der Waals surface area contributed by atoms with Crippen LogP contribution >= 0.6 is 0 Å². The smallest absolute Gasteiger partial charge is 0.145 e. The number of anilines is 1. The van der Waals surface area contributed by atoms with E-state index in [1.807, 2.05) is 0 Å². The monoisotopic (exact) mass is 842 g/mol. The Balaban J connectivity index is 0.987. The Labute approximate surface area is 383 Å². The topological polar surface area (TPSA) is 33.4 Å². The van der Waals surface area contributed by atoms with Crippen molar-refractivity contribution in [2.45, 2.75) is 12.1 Å². The molecule has 10 aromatic carbocycles. The van der Waals surface area contributed by atoms with Crippen molar-refractivity contribution in [1.29, 1.82) is 0 Å². The standard InChI is InChI=1S/C62H42N4/c1-3-16-44(17-4-1)61-63-55-23-11-13-25-57(55)65(61)49-34-29-42(30-35-49)59-51-21-9-10-22-52(51)60(54-40-48(33-38-53(54)59)47-28-27-41-15-7-8-20-46(41)39-47)43-31-36-50(37-32-43)66-58-26-14-12-24-56(58)64-62(66)45-18-5-2-6-19-45/h1-40,55,57H. The number of benzene rings is 10. The van der Waals surface area contributed by atoms with Crippen LogP contribution in [0.4, 0.5) is 5.69 Å². The summed E-state index contributed by atoms with van der Waals surface area (Å²) in [4.78, 5) is 12.8. The zero-order chi connectivity index (χ0) is 43.6. The lowest BCUT2D eigenvalue weighted by Gasteiger charge is -2.29. The molecule has 0 amide bonds. The molecule has 66 heavy (non-hydrogen) atoms. The van der Waals surface area contributed by atoms with Crippen molar-refractivity contribution in [3.63, 3.8) is 0 Å². The third kappa shape index (κ3) is 6.29. The SMILES string of the molecule is C1=CC2N=C(c3ccccc3)N(c3ccc(-c4c5ccccc5c(-c5ccc(-n6c(-c7ccccc7)nc7ccccc76)cc5)c5cc(-c6ccc7ccccc7c6)ccc45)cc3)C2C=C1. The minimum absolute atomic E-state index is 0.0707. The van der Waals surface area contributed by atoms with Crippen molar-refractivity contribution in [2.75, 3.05) is 4.90 Å². The minimum atomic E-state index is 0.0707. The van der Waals surface area contributed by atoms with Gasteiger partial charge in [0.2, 0.25) is 0 Å². The zero-order valence-electron chi connectivity index (χ0n) is 36.0. The Morgan fingerprint density at radius 2 is 0.939 bits per heavy atom. The number of aromatic nitrogens is 2. The normalized spacial score (nSPS) is 15.5. The molecule has 2 aliphatic rings. The summed E-state index contributed by atoms with van der Waals surface area (Å²) in [6, 6.07) is 79.3. The third-order valence-electron chi connectivity index (χ3n) is 13.5. The quantitative estimate of drug-likeness (QED) is 0.150. The molecular weight excluding hydrogens is 801 g/mol. The van der Waals surface area contributed by atoms with Gasteiger partial charge >= 0.3 is 0 Å². The average Bonchev–Trinajstić information content (AvgIpc) is 3.98. The van der Waals surface area contributed by atoms with Crippen molar-refractivity contribution in [3.05, 3.63) is 248 Å². The number of fused-ring (bicyclic) bond motifs is 5. The molecule has 11 aromatic rings. The number of imidazole rings is 1. The second-order valence-corrected chi connectivity index (χ2v) is 17.3. The Kier molecular flexibility index (Phi) is 8.95. The van der Waals surface area contributed by atoms with Crippen LogP contribution < -0.4 is 4.90 Å². The molecule has 310 valence electrons. The number of rotatable bonds is 7. The van der Waals surface area contributed by atoms with Crippen LogP contribution in [0.1, 0.15) is 5.56 Å². The summed E-state index contributed by atoms with van der Waals surface area (Å²) >= 11 is 0. The van der Waals surface area contributed by atoms with E-state index < -0.39 is 0 Å². The number of hydrogen-bond donors (Lipinski definition) is 0. The van der Waals surface area contributed by atoms with E-state index in [4.69, 9.17) is 9.98 Å². The van der Waals surface area contributed by atoms with Gasteiger partial charge in [0, 0.05) is 22.5 Å². The number of hydrogen-bond acceptors (Lipinski definition) is 3. The van der Waals surface area contributed by atoms with Crippen LogP contribution in [0.15, 0.2) is 248 Å². The molecule has 0 N–H and O–H groups in total. The van der Waals surface area contributed by atoms with Crippen molar-refractivity contribution in [1.82, 2.24) is 9.55 Å². The molecule has 2 unspecified atom stereocenters. The molecule has 2 heterocycles. The van der Waals surface area contributed by atoms with Crippen molar-refractivity contribution in [2.24, 2.45) is 4.99 Å². The highest BCUT2D eigenvalue weighted by atomic mass is 15.3. The average molecular weight is 843 g/mol. The van der Waals surface area contributed by atoms with Crippen molar-refractivity contribution < 1.29 is 0 Å². The van der Waals surface area contributed by atoms with E-state index in [1.54, 1.807) is 0 Å². The molecule has 0 saturated carbocycles. The second kappa shape index (κ2) is 15.6. The predicted molar refractivity (Wildman–Crippen MR) is 277 cm³/mol. The van der Waals surface area contributed by atoms with Gasteiger partial charge in [-0.2, -0.15) is 0 Å². The third-order valence-corrected chi connectivity index (χ3v) is 13.5. The van der Waals surface area contributed by atoms with Crippen LogP contribution in [-0.2, 0) is 0 Å². The van der Waals surface area contributed by atoms with Gasteiger partial charge in [-0.1, -0.05) is 194 Å². The van der Waals surface area contributed by atoms with E-state index in [0.29, 0.717) is 0 Å². The lowest BCUT2D eigenvalue weighted by molar-refractivity contribution is 0.739. The zero-order valence-corrected chi connectivity index (χ0v) is 36.0. The molecule has 1 aliphatic carbocycles. The molecule has 1 aromatic heterocycles.